The molecule has 2 bridgehead atoms. The van der Waals surface area contributed by atoms with Gasteiger partial charge in [0.2, 0.25) is 0 Å². The summed E-state index contributed by atoms with van der Waals surface area (Å²) in [4.78, 5) is 2.68. The summed E-state index contributed by atoms with van der Waals surface area (Å²) in [7, 11) is 0. The summed E-state index contributed by atoms with van der Waals surface area (Å²) in [5.41, 5.74) is 6.01. The van der Waals surface area contributed by atoms with E-state index in [1.165, 1.54) is 22.3 Å². The normalized spacial score (nSPS) is 30.1. The number of hydrogen-bond acceptors (Lipinski definition) is 1. The summed E-state index contributed by atoms with van der Waals surface area (Å²) in [6, 6.07) is 19.0. The smallest absolute Gasteiger partial charge is 0.0417 e. The van der Waals surface area contributed by atoms with E-state index in [0.29, 0.717) is 23.9 Å². The van der Waals surface area contributed by atoms with Crippen LogP contribution in [0.5, 0.6) is 0 Å². The summed E-state index contributed by atoms with van der Waals surface area (Å²) < 4.78 is 0. The van der Waals surface area contributed by atoms with Crippen molar-refractivity contribution >= 4 is 0 Å². The third-order valence-electron chi connectivity index (χ3n) is 5.63. The van der Waals surface area contributed by atoms with Crippen LogP contribution in [-0.2, 0) is 6.54 Å². The lowest BCUT2D eigenvalue weighted by atomic mass is 9.70. The molecule has 2 aromatic carbocycles. The van der Waals surface area contributed by atoms with Crippen LogP contribution in [0, 0.1) is 5.92 Å². The fourth-order valence-electron chi connectivity index (χ4n) is 4.51. The first-order chi connectivity index (χ1) is 10.7. The zero-order valence-corrected chi connectivity index (χ0v) is 13.4. The van der Waals surface area contributed by atoms with E-state index in [-0.39, 0.29) is 0 Å². The average molecular weight is 289 g/mol. The molecular formula is C21H23N. The van der Waals surface area contributed by atoms with Crippen molar-refractivity contribution in [1.29, 1.82) is 0 Å². The van der Waals surface area contributed by atoms with Gasteiger partial charge in [0.1, 0.15) is 0 Å². The molecule has 1 nitrogen and oxygen atoms in total. The maximum atomic E-state index is 4.06. The number of fused-ring (bicyclic) bond motifs is 6. The Kier molecular flexibility index (Phi) is 3.19. The molecule has 0 amide bonds. The molecule has 0 N–H and O–H groups in total. The van der Waals surface area contributed by atoms with E-state index in [9.17, 15) is 0 Å². The highest BCUT2D eigenvalue weighted by Gasteiger charge is 2.43. The first kappa shape index (κ1) is 13.8. The number of hydrogen-bond donors (Lipinski definition) is 0. The fourth-order valence-corrected chi connectivity index (χ4v) is 4.51. The molecule has 2 aromatic rings. The SMILES string of the molecule is C=CC(C)[C@@H]1c2ccccc2[C@@H]2c3ccccc3CN1[C@H]2C. The van der Waals surface area contributed by atoms with E-state index < -0.39 is 0 Å². The van der Waals surface area contributed by atoms with Crippen LogP contribution in [0.25, 0.3) is 0 Å². The average Bonchev–Trinajstić information content (AvgIpc) is 2.55. The van der Waals surface area contributed by atoms with Crippen LogP contribution in [0.2, 0.25) is 0 Å². The summed E-state index contributed by atoms with van der Waals surface area (Å²) in [6.07, 6.45) is 2.11. The fraction of sp³-hybridized carbons (Fsp3) is 0.333. The summed E-state index contributed by atoms with van der Waals surface area (Å²) in [5, 5.41) is 0. The molecule has 0 aliphatic carbocycles. The van der Waals surface area contributed by atoms with Gasteiger partial charge >= 0.3 is 0 Å². The van der Waals surface area contributed by atoms with Crippen LogP contribution in [0.1, 0.15) is 48.1 Å². The molecule has 2 aliphatic heterocycles. The predicted molar refractivity (Wildman–Crippen MR) is 91.8 cm³/mol. The lowest BCUT2D eigenvalue weighted by Gasteiger charge is -2.51. The van der Waals surface area contributed by atoms with E-state index in [1.54, 1.807) is 0 Å². The van der Waals surface area contributed by atoms with Crippen LogP contribution in [-0.4, -0.2) is 10.9 Å². The molecule has 5 atom stereocenters. The number of rotatable bonds is 2. The summed E-state index contributed by atoms with van der Waals surface area (Å²) in [6.45, 7) is 9.79. The van der Waals surface area contributed by atoms with Crippen LogP contribution in [0.15, 0.2) is 61.2 Å². The lowest BCUT2D eigenvalue weighted by molar-refractivity contribution is 0.0720. The Morgan fingerprint density at radius 3 is 2.41 bits per heavy atom. The summed E-state index contributed by atoms with van der Waals surface area (Å²) in [5.74, 6) is 0.948. The van der Waals surface area contributed by atoms with Gasteiger partial charge in [0, 0.05) is 24.5 Å². The van der Waals surface area contributed by atoms with Crippen molar-refractivity contribution in [2.75, 3.05) is 0 Å². The summed E-state index contributed by atoms with van der Waals surface area (Å²) >= 11 is 0. The second-order valence-corrected chi connectivity index (χ2v) is 6.76. The molecule has 0 saturated carbocycles. The van der Waals surface area contributed by atoms with E-state index in [0.717, 1.165) is 6.54 Å². The molecule has 22 heavy (non-hydrogen) atoms. The van der Waals surface area contributed by atoms with Gasteiger partial charge in [0.05, 0.1) is 0 Å². The lowest BCUT2D eigenvalue weighted by Crippen LogP contribution is -2.49. The van der Waals surface area contributed by atoms with Gasteiger partial charge in [0.15, 0.2) is 0 Å². The van der Waals surface area contributed by atoms with Gasteiger partial charge in [-0.25, -0.2) is 0 Å². The topological polar surface area (TPSA) is 3.24 Å². The maximum Gasteiger partial charge on any atom is 0.0417 e. The molecular weight excluding hydrogens is 266 g/mol. The second-order valence-electron chi connectivity index (χ2n) is 6.76. The van der Waals surface area contributed by atoms with Gasteiger partial charge in [-0.05, 0) is 35.1 Å². The maximum absolute atomic E-state index is 4.06. The van der Waals surface area contributed by atoms with Gasteiger partial charge in [0.25, 0.3) is 0 Å². The Morgan fingerprint density at radius 2 is 1.68 bits per heavy atom. The van der Waals surface area contributed by atoms with Crippen LogP contribution < -0.4 is 0 Å². The molecule has 4 rings (SSSR count). The van der Waals surface area contributed by atoms with Crippen molar-refractivity contribution in [2.45, 2.75) is 38.4 Å². The zero-order chi connectivity index (χ0) is 15.3. The van der Waals surface area contributed by atoms with Gasteiger partial charge < -0.3 is 0 Å². The quantitative estimate of drug-likeness (QED) is 0.711. The third-order valence-corrected chi connectivity index (χ3v) is 5.63. The highest BCUT2D eigenvalue weighted by molar-refractivity contribution is 5.48. The molecule has 0 spiro atoms. The molecule has 1 heteroatoms. The van der Waals surface area contributed by atoms with Gasteiger partial charge in [-0.2, -0.15) is 0 Å². The largest absolute Gasteiger partial charge is 0.288 e. The highest BCUT2D eigenvalue weighted by Crippen LogP contribution is 2.50. The molecule has 0 fully saturated rings. The van der Waals surface area contributed by atoms with E-state index in [1.807, 2.05) is 0 Å². The Balaban J connectivity index is 1.96. The minimum absolute atomic E-state index is 0.438. The molecule has 112 valence electrons. The van der Waals surface area contributed by atoms with E-state index in [2.05, 4.69) is 79.9 Å². The van der Waals surface area contributed by atoms with E-state index >= 15 is 0 Å². The molecule has 2 heterocycles. The Hall–Kier alpha value is -1.86. The van der Waals surface area contributed by atoms with Crippen molar-refractivity contribution in [3.05, 3.63) is 83.4 Å². The molecule has 0 saturated heterocycles. The second kappa shape index (κ2) is 5.10. The molecule has 0 aromatic heterocycles. The van der Waals surface area contributed by atoms with Gasteiger partial charge in [-0.1, -0.05) is 61.5 Å². The van der Waals surface area contributed by atoms with Crippen LogP contribution in [0.3, 0.4) is 0 Å². The Morgan fingerprint density at radius 1 is 1.05 bits per heavy atom. The van der Waals surface area contributed by atoms with Crippen molar-refractivity contribution in [2.24, 2.45) is 5.92 Å². The van der Waals surface area contributed by atoms with Crippen molar-refractivity contribution in [3.8, 4) is 0 Å². The Labute approximate surface area is 133 Å². The molecule has 2 aliphatic rings. The van der Waals surface area contributed by atoms with Crippen LogP contribution >= 0.6 is 0 Å². The molecule has 0 radical (unpaired) electrons. The standard InChI is InChI=1S/C21H23N/c1-4-14(2)21-19-12-8-7-11-18(19)20-15(3)22(21)13-16-9-5-6-10-17(16)20/h4-12,14-15,20-21H,1,13H2,2-3H3/t14?,15-,20-,21+/m0/s1. The first-order valence-corrected chi connectivity index (χ1v) is 8.27. The van der Waals surface area contributed by atoms with Gasteiger partial charge in [-0.3, -0.25) is 4.90 Å². The highest BCUT2D eigenvalue weighted by atomic mass is 15.2. The monoisotopic (exact) mass is 289 g/mol. The van der Waals surface area contributed by atoms with E-state index in [4.69, 9.17) is 0 Å². The van der Waals surface area contributed by atoms with Crippen molar-refractivity contribution < 1.29 is 0 Å². The van der Waals surface area contributed by atoms with Crippen molar-refractivity contribution in [3.63, 3.8) is 0 Å². The van der Waals surface area contributed by atoms with Crippen molar-refractivity contribution in [1.82, 2.24) is 4.90 Å². The number of benzene rings is 2. The van der Waals surface area contributed by atoms with Gasteiger partial charge in [-0.15, -0.1) is 6.58 Å². The predicted octanol–water partition coefficient (Wildman–Crippen LogP) is 4.90. The third kappa shape index (κ3) is 1.82. The number of nitrogens with zero attached hydrogens (tertiary/aromatic N) is 1. The molecule has 2 unspecified atom stereocenters. The minimum atomic E-state index is 0.438. The first-order valence-electron chi connectivity index (χ1n) is 8.27. The zero-order valence-electron chi connectivity index (χ0n) is 13.4. The van der Waals surface area contributed by atoms with Crippen LogP contribution in [0.4, 0.5) is 0 Å². The minimum Gasteiger partial charge on any atom is -0.288 e. The Bertz CT molecular complexity index is 717.